The summed E-state index contributed by atoms with van der Waals surface area (Å²) in [5.74, 6) is -0.616. The van der Waals surface area contributed by atoms with Crippen LogP contribution in [0.1, 0.15) is 32.8 Å². The molecule has 2 N–H and O–H groups in total. The Hall–Kier alpha value is -2.04. The minimum absolute atomic E-state index is 0.0653. The van der Waals surface area contributed by atoms with Gasteiger partial charge in [-0.3, -0.25) is 4.79 Å². The van der Waals surface area contributed by atoms with Crippen LogP contribution in [0.3, 0.4) is 0 Å². The van der Waals surface area contributed by atoms with Gasteiger partial charge in [0.05, 0.1) is 12.5 Å². The second-order valence-corrected chi connectivity index (χ2v) is 4.86. The van der Waals surface area contributed by atoms with Gasteiger partial charge in [-0.25, -0.2) is 4.79 Å². The fourth-order valence-corrected chi connectivity index (χ4v) is 1.77. The molecular weight excluding hydrogens is 258 g/mol. The van der Waals surface area contributed by atoms with Crippen LogP contribution in [0, 0.1) is 0 Å². The molecule has 0 fully saturated rings. The Morgan fingerprint density at radius 2 is 2.05 bits per heavy atom. The van der Waals surface area contributed by atoms with Crippen molar-refractivity contribution in [1.82, 2.24) is 5.32 Å². The number of ether oxygens (including phenoxy) is 1. The van der Waals surface area contributed by atoms with Gasteiger partial charge in [0.1, 0.15) is 11.8 Å². The minimum atomic E-state index is -1.02. The van der Waals surface area contributed by atoms with Crippen LogP contribution >= 0.6 is 0 Å². The minimum Gasteiger partial charge on any atom is -0.491 e. The van der Waals surface area contributed by atoms with E-state index in [0.717, 1.165) is 5.56 Å². The monoisotopic (exact) mass is 279 g/mol. The van der Waals surface area contributed by atoms with Crippen LogP contribution in [0.15, 0.2) is 24.3 Å². The van der Waals surface area contributed by atoms with Crippen LogP contribution < -0.4 is 10.1 Å². The van der Waals surface area contributed by atoms with Crippen molar-refractivity contribution in [3.05, 3.63) is 29.8 Å². The highest BCUT2D eigenvalue weighted by molar-refractivity contribution is 5.84. The van der Waals surface area contributed by atoms with Crippen molar-refractivity contribution in [1.29, 1.82) is 0 Å². The molecule has 1 atom stereocenters. The fraction of sp³-hybridized carbons (Fsp3) is 0.467. The molecule has 0 saturated heterocycles. The van der Waals surface area contributed by atoms with Crippen molar-refractivity contribution < 1.29 is 19.4 Å². The number of carbonyl (C=O) groups excluding carboxylic acids is 1. The number of benzene rings is 1. The van der Waals surface area contributed by atoms with E-state index in [0.29, 0.717) is 12.2 Å². The second-order valence-electron chi connectivity index (χ2n) is 4.86. The summed E-state index contributed by atoms with van der Waals surface area (Å²) in [5, 5.41) is 11.4. The van der Waals surface area contributed by atoms with Gasteiger partial charge in [0.15, 0.2) is 0 Å². The number of carboxylic acid groups (broad SMARTS) is 1. The van der Waals surface area contributed by atoms with E-state index in [4.69, 9.17) is 9.84 Å². The molecule has 110 valence electrons. The number of hydrogen-bond acceptors (Lipinski definition) is 3. The molecule has 20 heavy (non-hydrogen) atoms. The highest BCUT2D eigenvalue weighted by Crippen LogP contribution is 2.15. The van der Waals surface area contributed by atoms with Crippen LogP contribution in [0.25, 0.3) is 0 Å². The first-order valence-corrected chi connectivity index (χ1v) is 6.70. The van der Waals surface area contributed by atoms with Gasteiger partial charge in [-0.15, -0.1) is 0 Å². The number of carboxylic acids is 1. The number of hydrogen-bond donors (Lipinski definition) is 2. The van der Waals surface area contributed by atoms with Crippen LogP contribution in [-0.2, 0) is 16.0 Å². The summed E-state index contributed by atoms with van der Waals surface area (Å²) in [4.78, 5) is 22.7. The highest BCUT2D eigenvalue weighted by Gasteiger charge is 2.17. The lowest BCUT2D eigenvalue weighted by Crippen LogP contribution is -2.40. The zero-order chi connectivity index (χ0) is 15.1. The Bertz CT molecular complexity index is 471. The van der Waals surface area contributed by atoms with E-state index in [1.165, 1.54) is 0 Å². The zero-order valence-corrected chi connectivity index (χ0v) is 12.1. The lowest BCUT2D eigenvalue weighted by molar-refractivity contribution is -0.141. The van der Waals surface area contributed by atoms with Crippen molar-refractivity contribution in [2.45, 2.75) is 45.8 Å². The number of amides is 1. The summed E-state index contributed by atoms with van der Waals surface area (Å²) in [6, 6.07) is 6.41. The number of nitrogens with one attached hydrogen (secondary N) is 1. The first-order valence-electron chi connectivity index (χ1n) is 6.70. The van der Waals surface area contributed by atoms with E-state index in [1.54, 1.807) is 13.0 Å². The molecule has 5 nitrogen and oxygen atoms in total. The molecule has 1 unspecified atom stereocenters. The molecule has 0 spiro atoms. The van der Waals surface area contributed by atoms with Gasteiger partial charge in [-0.1, -0.05) is 19.1 Å². The largest absolute Gasteiger partial charge is 0.491 e. The highest BCUT2D eigenvalue weighted by atomic mass is 16.5. The van der Waals surface area contributed by atoms with E-state index in [1.807, 2.05) is 32.0 Å². The van der Waals surface area contributed by atoms with Crippen molar-refractivity contribution in [3.8, 4) is 5.75 Å². The molecule has 0 aliphatic heterocycles. The summed E-state index contributed by atoms with van der Waals surface area (Å²) in [6.07, 6.45) is 0.562. The summed E-state index contributed by atoms with van der Waals surface area (Å²) in [5.41, 5.74) is 0.792. The van der Waals surface area contributed by atoms with Gasteiger partial charge < -0.3 is 15.2 Å². The molecule has 0 aromatic heterocycles. The Morgan fingerprint density at radius 3 is 2.60 bits per heavy atom. The van der Waals surface area contributed by atoms with Gasteiger partial charge in [0.2, 0.25) is 5.91 Å². The third-order valence-electron chi connectivity index (χ3n) is 2.68. The van der Waals surface area contributed by atoms with Gasteiger partial charge in [-0.05, 0) is 38.0 Å². The molecule has 1 amide bonds. The van der Waals surface area contributed by atoms with Gasteiger partial charge in [-0.2, -0.15) is 0 Å². The average molecular weight is 279 g/mol. The van der Waals surface area contributed by atoms with Crippen LogP contribution in [0.4, 0.5) is 0 Å². The number of rotatable bonds is 7. The lowest BCUT2D eigenvalue weighted by Gasteiger charge is -2.13. The van der Waals surface area contributed by atoms with Gasteiger partial charge in [0, 0.05) is 0 Å². The van der Waals surface area contributed by atoms with Crippen LogP contribution in [-0.4, -0.2) is 29.1 Å². The maximum Gasteiger partial charge on any atom is 0.326 e. The number of carbonyl (C=O) groups is 2. The second kappa shape index (κ2) is 7.53. The summed E-state index contributed by atoms with van der Waals surface area (Å²) in [7, 11) is 0. The quantitative estimate of drug-likeness (QED) is 0.800. The first kappa shape index (κ1) is 16.0. The molecule has 0 aliphatic rings. The van der Waals surface area contributed by atoms with Crippen molar-refractivity contribution in [2.75, 3.05) is 0 Å². The van der Waals surface area contributed by atoms with Gasteiger partial charge in [0.25, 0.3) is 0 Å². The Morgan fingerprint density at radius 1 is 1.35 bits per heavy atom. The van der Waals surface area contributed by atoms with E-state index < -0.39 is 12.0 Å². The Kier molecular flexibility index (Phi) is 6.03. The smallest absolute Gasteiger partial charge is 0.326 e. The molecule has 1 aromatic rings. The standard InChI is InChI=1S/C15H21NO4/c1-4-13(15(18)19)16-14(17)9-11-6-5-7-12(8-11)20-10(2)3/h5-8,10,13H,4,9H2,1-3H3,(H,16,17)(H,18,19). The zero-order valence-electron chi connectivity index (χ0n) is 12.1. The summed E-state index contributed by atoms with van der Waals surface area (Å²) in [6.45, 7) is 5.58. The average Bonchev–Trinajstić information content (AvgIpc) is 2.35. The van der Waals surface area contributed by atoms with Gasteiger partial charge >= 0.3 is 5.97 Å². The predicted molar refractivity (Wildman–Crippen MR) is 75.8 cm³/mol. The van der Waals surface area contributed by atoms with Crippen molar-refractivity contribution in [3.63, 3.8) is 0 Å². The topological polar surface area (TPSA) is 75.6 Å². The summed E-state index contributed by atoms with van der Waals surface area (Å²) >= 11 is 0. The predicted octanol–water partition coefficient (Wildman–Crippen LogP) is 2.00. The maximum absolute atomic E-state index is 11.8. The molecular formula is C15H21NO4. The molecule has 0 bridgehead atoms. The SMILES string of the molecule is CCC(NC(=O)Cc1cccc(OC(C)C)c1)C(=O)O. The fourth-order valence-electron chi connectivity index (χ4n) is 1.77. The normalized spacial score (nSPS) is 12.0. The van der Waals surface area contributed by atoms with Crippen molar-refractivity contribution >= 4 is 11.9 Å². The molecule has 0 aliphatic carbocycles. The molecule has 0 heterocycles. The van der Waals surface area contributed by atoms with E-state index in [2.05, 4.69) is 5.32 Å². The third kappa shape index (κ3) is 5.30. The maximum atomic E-state index is 11.8. The molecule has 1 aromatic carbocycles. The Balaban J connectivity index is 2.63. The van der Waals surface area contributed by atoms with E-state index in [9.17, 15) is 9.59 Å². The first-order chi connectivity index (χ1) is 9.42. The van der Waals surface area contributed by atoms with Crippen LogP contribution in [0.2, 0.25) is 0 Å². The summed E-state index contributed by atoms with van der Waals surface area (Å²) < 4.78 is 5.55. The number of aliphatic carboxylic acids is 1. The lowest BCUT2D eigenvalue weighted by atomic mass is 10.1. The van der Waals surface area contributed by atoms with Crippen LogP contribution in [0.5, 0.6) is 5.75 Å². The molecule has 0 saturated carbocycles. The molecule has 5 heteroatoms. The van der Waals surface area contributed by atoms with Crippen molar-refractivity contribution in [2.24, 2.45) is 0 Å². The molecule has 1 rings (SSSR count). The third-order valence-corrected chi connectivity index (χ3v) is 2.68. The Labute approximate surface area is 118 Å². The molecule has 0 radical (unpaired) electrons. The van der Waals surface area contributed by atoms with E-state index in [-0.39, 0.29) is 18.4 Å². The van der Waals surface area contributed by atoms with E-state index >= 15 is 0 Å².